The van der Waals surface area contributed by atoms with Gasteiger partial charge in [0.2, 0.25) is 0 Å². The number of aromatic nitrogens is 1. The van der Waals surface area contributed by atoms with Crippen molar-refractivity contribution in [3.05, 3.63) is 52.9 Å². The van der Waals surface area contributed by atoms with Gasteiger partial charge < -0.3 is 9.63 Å². The third-order valence-corrected chi connectivity index (χ3v) is 3.02. The highest BCUT2D eigenvalue weighted by Crippen LogP contribution is 2.23. The minimum Gasteiger partial charge on any atom is -0.477 e. The molecule has 0 spiro atoms. The summed E-state index contributed by atoms with van der Waals surface area (Å²) in [5, 5.41) is 13.0. The quantitative estimate of drug-likeness (QED) is 0.899. The molecule has 18 heavy (non-hydrogen) atoms. The van der Waals surface area contributed by atoms with E-state index in [9.17, 15) is 4.79 Å². The van der Waals surface area contributed by atoms with Crippen LogP contribution in [0.25, 0.3) is 0 Å². The zero-order valence-electron chi connectivity index (χ0n) is 10.4. The molecule has 2 rings (SSSR count). The number of rotatable bonds is 4. The van der Waals surface area contributed by atoms with E-state index in [-0.39, 0.29) is 11.5 Å². The highest BCUT2D eigenvalue weighted by molar-refractivity contribution is 5.89. The zero-order chi connectivity index (χ0) is 13.1. The second-order valence-corrected chi connectivity index (χ2v) is 4.38. The van der Waals surface area contributed by atoms with Crippen LogP contribution in [0.4, 0.5) is 0 Å². The maximum atomic E-state index is 11.1. The number of carboxylic acid groups (broad SMARTS) is 1. The maximum Gasteiger partial charge on any atom is 0.341 e. The molecule has 94 valence electrons. The van der Waals surface area contributed by atoms with E-state index in [2.05, 4.69) is 5.16 Å². The first-order chi connectivity index (χ1) is 8.59. The first-order valence-corrected chi connectivity index (χ1v) is 5.83. The maximum absolute atomic E-state index is 11.1. The molecule has 0 saturated carbocycles. The molecule has 0 aliphatic carbocycles. The Morgan fingerprint density at radius 2 is 2.06 bits per heavy atom. The van der Waals surface area contributed by atoms with E-state index in [1.165, 1.54) is 0 Å². The molecule has 2 aromatic rings. The van der Waals surface area contributed by atoms with Crippen LogP contribution < -0.4 is 0 Å². The Balaban J connectivity index is 2.22. The van der Waals surface area contributed by atoms with Crippen molar-refractivity contribution in [2.24, 2.45) is 0 Å². The van der Waals surface area contributed by atoms with Crippen LogP contribution in [0.3, 0.4) is 0 Å². The van der Waals surface area contributed by atoms with E-state index >= 15 is 0 Å². The first-order valence-electron chi connectivity index (χ1n) is 5.83. The van der Waals surface area contributed by atoms with Crippen LogP contribution in [-0.4, -0.2) is 16.2 Å². The standard InChI is InChI=1S/C14H15NO3/c1-9(11-6-4-3-5-7-11)8-12-13(14(16)17)10(2)18-15-12/h3-7,9H,8H2,1-2H3,(H,16,17). The van der Waals surface area contributed by atoms with E-state index in [4.69, 9.17) is 9.63 Å². The van der Waals surface area contributed by atoms with Gasteiger partial charge in [-0.2, -0.15) is 0 Å². The van der Waals surface area contributed by atoms with Gasteiger partial charge >= 0.3 is 5.97 Å². The molecule has 1 unspecified atom stereocenters. The summed E-state index contributed by atoms with van der Waals surface area (Å²) >= 11 is 0. The largest absolute Gasteiger partial charge is 0.477 e. The van der Waals surface area contributed by atoms with Crippen LogP contribution in [0.15, 0.2) is 34.9 Å². The molecular weight excluding hydrogens is 230 g/mol. The first kappa shape index (κ1) is 12.4. The van der Waals surface area contributed by atoms with Crippen LogP contribution in [-0.2, 0) is 6.42 Å². The molecule has 0 fully saturated rings. The molecule has 0 aliphatic heterocycles. The number of carboxylic acids is 1. The van der Waals surface area contributed by atoms with Crippen LogP contribution in [0.1, 0.15) is 40.2 Å². The summed E-state index contributed by atoms with van der Waals surface area (Å²) < 4.78 is 4.96. The summed E-state index contributed by atoms with van der Waals surface area (Å²) in [7, 11) is 0. The van der Waals surface area contributed by atoms with Gasteiger partial charge in [-0.05, 0) is 18.4 Å². The molecule has 1 heterocycles. The topological polar surface area (TPSA) is 63.3 Å². The minimum absolute atomic E-state index is 0.192. The summed E-state index contributed by atoms with van der Waals surface area (Å²) in [5.74, 6) is -0.421. The number of hydrogen-bond acceptors (Lipinski definition) is 3. The van der Waals surface area contributed by atoms with Gasteiger partial charge in [-0.1, -0.05) is 42.4 Å². The van der Waals surface area contributed by atoms with Crippen molar-refractivity contribution in [1.29, 1.82) is 0 Å². The van der Waals surface area contributed by atoms with E-state index < -0.39 is 5.97 Å². The van der Waals surface area contributed by atoms with Crippen molar-refractivity contribution in [1.82, 2.24) is 5.16 Å². The minimum atomic E-state index is -0.982. The Hall–Kier alpha value is -2.10. The van der Waals surface area contributed by atoms with Crippen LogP contribution in [0.5, 0.6) is 0 Å². The smallest absolute Gasteiger partial charge is 0.341 e. The number of aryl methyl sites for hydroxylation is 1. The summed E-state index contributed by atoms with van der Waals surface area (Å²) in [6.07, 6.45) is 0.559. The normalized spacial score (nSPS) is 12.3. The van der Waals surface area contributed by atoms with Crippen LogP contribution >= 0.6 is 0 Å². The van der Waals surface area contributed by atoms with Gasteiger partial charge in [0, 0.05) is 6.42 Å². The lowest BCUT2D eigenvalue weighted by molar-refractivity contribution is 0.0694. The monoisotopic (exact) mass is 245 g/mol. The molecule has 4 heteroatoms. The lowest BCUT2D eigenvalue weighted by atomic mass is 9.94. The highest BCUT2D eigenvalue weighted by atomic mass is 16.5. The van der Waals surface area contributed by atoms with Gasteiger partial charge in [-0.25, -0.2) is 4.79 Å². The number of nitrogens with zero attached hydrogens (tertiary/aromatic N) is 1. The fourth-order valence-electron chi connectivity index (χ4n) is 2.02. The van der Waals surface area contributed by atoms with Gasteiger partial charge in [0.05, 0.1) is 5.69 Å². The van der Waals surface area contributed by atoms with E-state index in [0.29, 0.717) is 17.9 Å². The average Bonchev–Trinajstić information content (AvgIpc) is 2.71. The average molecular weight is 245 g/mol. The van der Waals surface area contributed by atoms with Crippen LogP contribution in [0, 0.1) is 6.92 Å². The second kappa shape index (κ2) is 5.04. The molecular formula is C14H15NO3. The van der Waals surface area contributed by atoms with Crippen molar-refractivity contribution in [2.75, 3.05) is 0 Å². The lowest BCUT2D eigenvalue weighted by Gasteiger charge is -2.09. The Morgan fingerprint density at radius 3 is 2.67 bits per heavy atom. The van der Waals surface area contributed by atoms with Crippen molar-refractivity contribution in [2.45, 2.75) is 26.2 Å². The van der Waals surface area contributed by atoms with E-state index in [1.54, 1.807) is 6.92 Å². The van der Waals surface area contributed by atoms with E-state index in [0.717, 1.165) is 5.56 Å². The fraction of sp³-hybridized carbons (Fsp3) is 0.286. The van der Waals surface area contributed by atoms with Crippen molar-refractivity contribution in [3.63, 3.8) is 0 Å². The highest BCUT2D eigenvalue weighted by Gasteiger charge is 2.21. The predicted octanol–water partition coefficient (Wildman–Crippen LogP) is 3.03. The third kappa shape index (κ3) is 2.42. The van der Waals surface area contributed by atoms with Gasteiger partial charge in [0.25, 0.3) is 0 Å². The Morgan fingerprint density at radius 1 is 1.39 bits per heavy atom. The third-order valence-electron chi connectivity index (χ3n) is 3.02. The van der Waals surface area contributed by atoms with Gasteiger partial charge in [-0.15, -0.1) is 0 Å². The van der Waals surface area contributed by atoms with E-state index in [1.807, 2.05) is 37.3 Å². The van der Waals surface area contributed by atoms with Gasteiger partial charge in [0.1, 0.15) is 11.3 Å². The molecule has 1 N–H and O–H groups in total. The molecule has 4 nitrogen and oxygen atoms in total. The predicted molar refractivity (Wildman–Crippen MR) is 66.8 cm³/mol. The molecule has 0 bridgehead atoms. The number of carbonyl (C=O) groups is 1. The lowest BCUT2D eigenvalue weighted by Crippen LogP contribution is -2.06. The Labute approximate surface area is 105 Å². The SMILES string of the molecule is Cc1onc(CC(C)c2ccccc2)c1C(=O)O. The number of hydrogen-bond donors (Lipinski definition) is 1. The van der Waals surface area contributed by atoms with Crippen LogP contribution in [0.2, 0.25) is 0 Å². The Bertz CT molecular complexity index is 545. The van der Waals surface area contributed by atoms with Crippen molar-refractivity contribution < 1.29 is 14.4 Å². The number of benzene rings is 1. The van der Waals surface area contributed by atoms with Crippen molar-refractivity contribution in [3.8, 4) is 0 Å². The summed E-state index contributed by atoms with van der Waals surface area (Å²) in [6, 6.07) is 9.95. The van der Waals surface area contributed by atoms with Gasteiger partial charge in [0.15, 0.2) is 0 Å². The molecule has 1 atom stereocenters. The van der Waals surface area contributed by atoms with Crippen molar-refractivity contribution >= 4 is 5.97 Å². The van der Waals surface area contributed by atoms with Gasteiger partial charge in [-0.3, -0.25) is 0 Å². The number of aromatic carboxylic acids is 1. The zero-order valence-corrected chi connectivity index (χ0v) is 10.4. The molecule has 0 saturated heterocycles. The second-order valence-electron chi connectivity index (χ2n) is 4.38. The summed E-state index contributed by atoms with van der Waals surface area (Å²) in [4.78, 5) is 11.1. The molecule has 1 aromatic heterocycles. The molecule has 0 radical (unpaired) electrons. The summed E-state index contributed by atoms with van der Waals surface area (Å²) in [6.45, 7) is 3.66. The Kier molecular flexibility index (Phi) is 3.46. The fourth-order valence-corrected chi connectivity index (χ4v) is 2.02. The summed E-state index contributed by atoms with van der Waals surface area (Å²) in [5.41, 5.74) is 1.86. The molecule has 1 aromatic carbocycles. The molecule has 0 amide bonds. The molecule has 0 aliphatic rings.